The molecule has 1 aliphatic heterocycles. The van der Waals surface area contributed by atoms with Crippen LogP contribution in [0.4, 0.5) is 5.69 Å². The molecule has 1 saturated carbocycles. The number of para-hydroxylation sites is 1. The summed E-state index contributed by atoms with van der Waals surface area (Å²) in [6.07, 6.45) is 12.5. The molecule has 1 fully saturated rings. The van der Waals surface area contributed by atoms with Gasteiger partial charge in [-0.05, 0) is 43.9 Å². The molecule has 1 aliphatic carbocycles. The molecular weight excluding hydrogens is 256 g/mol. The Bertz CT molecular complexity index is 421. The van der Waals surface area contributed by atoms with Gasteiger partial charge in [-0.3, -0.25) is 0 Å². The summed E-state index contributed by atoms with van der Waals surface area (Å²) in [6, 6.07) is 9.69. The second-order valence-corrected chi connectivity index (χ2v) is 6.72. The van der Waals surface area contributed by atoms with Crippen molar-refractivity contribution in [2.45, 2.75) is 63.8 Å². The van der Waals surface area contributed by atoms with Gasteiger partial charge in [0.1, 0.15) is 0 Å². The number of nitrogens with zero attached hydrogens (tertiary/aromatic N) is 1. The number of fused-ring (bicyclic) bond motifs is 1. The highest BCUT2D eigenvalue weighted by Crippen LogP contribution is 2.27. The Morgan fingerprint density at radius 1 is 1.00 bits per heavy atom. The van der Waals surface area contributed by atoms with Gasteiger partial charge in [-0.2, -0.15) is 0 Å². The zero-order valence-electron chi connectivity index (χ0n) is 13.3. The Hall–Kier alpha value is -1.02. The van der Waals surface area contributed by atoms with Crippen LogP contribution in [-0.4, -0.2) is 25.7 Å². The quantitative estimate of drug-likeness (QED) is 0.818. The Kier molecular flexibility index (Phi) is 5.56. The van der Waals surface area contributed by atoms with E-state index in [9.17, 15) is 0 Å². The van der Waals surface area contributed by atoms with E-state index in [4.69, 9.17) is 0 Å². The van der Waals surface area contributed by atoms with Crippen LogP contribution in [0.5, 0.6) is 0 Å². The van der Waals surface area contributed by atoms with Crippen LogP contribution in [0, 0.1) is 0 Å². The monoisotopic (exact) mass is 286 g/mol. The van der Waals surface area contributed by atoms with E-state index in [1.54, 1.807) is 0 Å². The number of rotatable bonds is 5. The Balaban J connectivity index is 1.37. The molecular formula is C19H30N2. The highest BCUT2D eigenvalue weighted by Gasteiger charge is 2.17. The second-order valence-electron chi connectivity index (χ2n) is 6.72. The first kappa shape index (κ1) is 14.9. The molecule has 0 radical (unpaired) electrons. The summed E-state index contributed by atoms with van der Waals surface area (Å²) in [6.45, 7) is 3.60. The fraction of sp³-hybridized carbons (Fsp3) is 0.684. The van der Waals surface area contributed by atoms with Crippen LogP contribution < -0.4 is 10.2 Å². The van der Waals surface area contributed by atoms with Gasteiger partial charge in [0.15, 0.2) is 0 Å². The molecule has 0 spiro atoms. The molecule has 3 rings (SSSR count). The summed E-state index contributed by atoms with van der Waals surface area (Å²) < 4.78 is 0. The van der Waals surface area contributed by atoms with Crippen LogP contribution in [0.3, 0.4) is 0 Å². The topological polar surface area (TPSA) is 15.3 Å². The summed E-state index contributed by atoms with van der Waals surface area (Å²) in [5.74, 6) is 0. The lowest BCUT2D eigenvalue weighted by Gasteiger charge is -2.23. The Morgan fingerprint density at radius 2 is 1.76 bits per heavy atom. The lowest BCUT2D eigenvalue weighted by molar-refractivity contribution is 0.389. The van der Waals surface area contributed by atoms with Crippen molar-refractivity contribution in [3.8, 4) is 0 Å². The van der Waals surface area contributed by atoms with Gasteiger partial charge in [-0.1, -0.05) is 50.3 Å². The number of benzene rings is 1. The van der Waals surface area contributed by atoms with Crippen molar-refractivity contribution < 1.29 is 0 Å². The molecule has 21 heavy (non-hydrogen) atoms. The first-order chi connectivity index (χ1) is 10.4. The van der Waals surface area contributed by atoms with E-state index in [0.29, 0.717) is 0 Å². The van der Waals surface area contributed by atoms with E-state index >= 15 is 0 Å². The first-order valence-electron chi connectivity index (χ1n) is 9.00. The van der Waals surface area contributed by atoms with E-state index in [0.717, 1.165) is 6.04 Å². The van der Waals surface area contributed by atoms with Crippen molar-refractivity contribution in [3.63, 3.8) is 0 Å². The molecule has 2 nitrogen and oxygen atoms in total. The minimum Gasteiger partial charge on any atom is -0.371 e. The van der Waals surface area contributed by atoms with Gasteiger partial charge < -0.3 is 10.2 Å². The zero-order chi connectivity index (χ0) is 14.3. The summed E-state index contributed by atoms with van der Waals surface area (Å²) in [4.78, 5) is 2.56. The largest absolute Gasteiger partial charge is 0.371 e. The highest BCUT2D eigenvalue weighted by molar-refractivity contribution is 5.57. The van der Waals surface area contributed by atoms with Gasteiger partial charge >= 0.3 is 0 Å². The molecule has 0 atom stereocenters. The van der Waals surface area contributed by atoms with Gasteiger partial charge in [0.2, 0.25) is 0 Å². The van der Waals surface area contributed by atoms with Crippen molar-refractivity contribution in [1.29, 1.82) is 0 Å². The smallest absolute Gasteiger partial charge is 0.0399 e. The predicted octanol–water partition coefficient (Wildman–Crippen LogP) is 4.14. The Labute approximate surface area is 129 Å². The van der Waals surface area contributed by atoms with Crippen LogP contribution in [0.15, 0.2) is 24.3 Å². The maximum Gasteiger partial charge on any atom is 0.0399 e. The zero-order valence-corrected chi connectivity index (χ0v) is 13.3. The van der Waals surface area contributed by atoms with Crippen molar-refractivity contribution in [1.82, 2.24) is 5.32 Å². The fourth-order valence-electron chi connectivity index (χ4n) is 3.88. The third kappa shape index (κ3) is 4.23. The molecule has 0 aromatic heterocycles. The SMILES string of the molecule is c1ccc2c(c1)CCN2CCCNC1CCCCCCC1. The highest BCUT2D eigenvalue weighted by atomic mass is 15.1. The van der Waals surface area contributed by atoms with E-state index in [1.807, 2.05) is 0 Å². The standard InChI is InChI=1S/C19H30N2/c1-2-4-10-18(11-5-3-1)20-14-8-15-21-16-13-17-9-6-7-12-19(17)21/h6-7,9,12,18,20H,1-5,8,10-11,13-16H2. The minimum atomic E-state index is 0.788. The first-order valence-corrected chi connectivity index (χ1v) is 9.00. The number of hydrogen-bond donors (Lipinski definition) is 1. The molecule has 1 aromatic rings. The lowest BCUT2D eigenvalue weighted by atomic mass is 9.97. The predicted molar refractivity (Wildman–Crippen MR) is 91.1 cm³/mol. The molecule has 116 valence electrons. The van der Waals surface area contributed by atoms with Gasteiger partial charge in [0.05, 0.1) is 0 Å². The third-order valence-electron chi connectivity index (χ3n) is 5.13. The number of nitrogens with one attached hydrogen (secondary N) is 1. The molecule has 1 heterocycles. The van der Waals surface area contributed by atoms with Crippen molar-refractivity contribution in [2.24, 2.45) is 0 Å². The summed E-state index contributed by atoms with van der Waals surface area (Å²) in [5, 5.41) is 3.81. The minimum absolute atomic E-state index is 0.788. The Morgan fingerprint density at radius 3 is 2.62 bits per heavy atom. The van der Waals surface area contributed by atoms with Crippen molar-refractivity contribution in [3.05, 3.63) is 29.8 Å². The molecule has 0 unspecified atom stereocenters. The van der Waals surface area contributed by atoms with E-state index in [2.05, 4.69) is 34.5 Å². The third-order valence-corrected chi connectivity index (χ3v) is 5.13. The van der Waals surface area contributed by atoms with E-state index in [1.165, 1.54) is 88.7 Å². The van der Waals surface area contributed by atoms with E-state index < -0.39 is 0 Å². The van der Waals surface area contributed by atoms with Crippen LogP contribution in [0.1, 0.15) is 56.9 Å². The average Bonchev–Trinajstić information content (AvgIpc) is 2.88. The maximum atomic E-state index is 3.81. The summed E-state index contributed by atoms with van der Waals surface area (Å²) in [7, 11) is 0. The normalized spacial score (nSPS) is 20.1. The fourth-order valence-corrected chi connectivity index (χ4v) is 3.88. The lowest BCUT2D eigenvalue weighted by Crippen LogP contribution is -2.32. The van der Waals surface area contributed by atoms with Gasteiger partial charge in [-0.15, -0.1) is 0 Å². The molecule has 2 heteroatoms. The maximum absolute atomic E-state index is 3.81. The summed E-state index contributed by atoms with van der Waals surface area (Å²) >= 11 is 0. The molecule has 1 aromatic carbocycles. The average molecular weight is 286 g/mol. The van der Waals surface area contributed by atoms with Crippen LogP contribution in [0.2, 0.25) is 0 Å². The van der Waals surface area contributed by atoms with Crippen LogP contribution in [-0.2, 0) is 6.42 Å². The molecule has 1 N–H and O–H groups in total. The van der Waals surface area contributed by atoms with Crippen LogP contribution >= 0.6 is 0 Å². The van der Waals surface area contributed by atoms with E-state index in [-0.39, 0.29) is 0 Å². The van der Waals surface area contributed by atoms with Gasteiger partial charge in [0.25, 0.3) is 0 Å². The van der Waals surface area contributed by atoms with Gasteiger partial charge in [0, 0.05) is 24.8 Å². The van der Waals surface area contributed by atoms with Crippen molar-refractivity contribution in [2.75, 3.05) is 24.5 Å². The number of anilines is 1. The van der Waals surface area contributed by atoms with Crippen LogP contribution in [0.25, 0.3) is 0 Å². The molecule has 0 saturated heterocycles. The molecule has 2 aliphatic rings. The van der Waals surface area contributed by atoms with Crippen molar-refractivity contribution >= 4 is 5.69 Å². The molecule has 0 bridgehead atoms. The van der Waals surface area contributed by atoms with Gasteiger partial charge in [-0.25, -0.2) is 0 Å². The summed E-state index contributed by atoms with van der Waals surface area (Å²) in [5.41, 5.74) is 3.01. The molecule has 0 amide bonds. The second kappa shape index (κ2) is 7.84. The number of hydrogen-bond acceptors (Lipinski definition) is 2.